The van der Waals surface area contributed by atoms with Gasteiger partial charge in [0.25, 0.3) is 5.91 Å². The third-order valence-electron chi connectivity index (χ3n) is 3.03. The zero-order valence-corrected chi connectivity index (χ0v) is 12.1. The van der Waals surface area contributed by atoms with Crippen LogP contribution in [0.25, 0.3) is 0 Å². The van der Waals surface area contributed by atoms with E-state index >= 15 is 0 Å². The molecule has 0 radical (unpaired) electrons. The van der Waals surface area contributed by atoms with Crippen LogP contribution >= 0.6 is 0 Å². The van der Waals surface area contributed by atoms with Crippen molar-refractivity contribution in [1.29, 1.82) is 0 Å². The molecule has 114 valence electrons. The van der Waals surface area contributed by atoms with Crippen molar-refractivity contribution in [2.24, 2.45) is 0 Å². The summed E-state index contributed by atoms with van der Waals surface area (Å²) < 4.78 is 32.3. The first-order chi connectivity index (χ1) is 9.63. The maximum atomic E-state index is 13.7. The van der Waals surface area contributed by atoms with E-state index in [2.05, 4.69) is 0 Å². The second-order valence-corrected chi connectivity index (χ2v) is 5.98. The maximum Gasteiger partial charge on any atom is 0.355 e. The summed E-state index contributed by atoms with van der Waals surface area (Å²) in [5, 5.41) is 0. The quantitative estimate of drug-likeness (QED) is 0.635. The Morgan fingerprint density at radius 3 is 2.38 bits per heavy atom. The molecule has 1 aliphatic heterocycles. The summed E-state index contributed by atoms with van der Waals surface area (Å²) in [5.74, 6) is -6.12. The molecule has 1 heterocycles. The Bertz CT molecular complexity index is 552. The van der Waals surface area contributed by atoms with Crippen molar-refractivity contribution < 1.29 is 23.1 Å². The minimum atomic E-state index is -3.70. The van der Waals surface area contributed by atoms with Crippen molar-refractivity contribution in [3.63, 3.8) is 0 Å². The highest BCUT2D eigenvalue weighted by molar-refractivity contribution is 6.01. The van der Waals surface area contributed by atoms with Crippen LogP contribution in [0.2, 0.25) is 0 Å². The first-order valence-electron chi connectivity index (χ1n) is 6.58. The zero-order chi connectivity index (χ0) is 15.8. The van der Waals surface area contributed by atoms with E-state index in [1.54, 1.807) is 51.1 Å². The molecule has 1 saturated heterocycles. The number of halogens is 2. The normalized spacial score (nSPS) is 20.9. The van der Waals surface area contributed by atoms with Crippen molar-refractivity contribution in [2.75, 3.05) is 0 Å². The molecular weight excluding hydrogens is 280 g/mol. The molecule has 2 rings (SSSR count). The summed E-state index contributed by atoms with van der Waals surface area (Å²) in [4.78, 5) is 24.3. The molecule has 1 aliphatic rings. The number of hydrogen-bond acceptors (Lipinski definition) is 3. The van der Waals surface area contributed by atoms with Crippen LogP contribution in [0.15, 0.2) is 30.3 Å². The first-order valence-corrected chi connectivity index (χ1v) is 6.58. The fraction of sp³-hybridized carbons (Fsp3) is 0.467. The summed E-state index contributed by atoms with van der Waals surface area (Å²) in [7, 11) is 0. The Morgan fingerprint density at radius 2 is 1.86 bits per heavy atom. The van der Waals surface area contributed by atoms with E-state index in [1.807, 2.05) is 0 Å². The van der Waals surface area contributed by atoms with Crippen molar-refractivity contribution in [3.05, 3.63) is 35.9 Å². The van der Waals surface area contributed by atoms with Crippen LogP contribution in [-0.4, -0.2) is 34.3 Å². The smallest absolute Gasteiger partial charge is 0.355 e. The Labute approximate surface area is 121 Å². The summed E-state index contributed by atoms with van der Waals surface area (Å²) in [6.45, 7) is 4.72. The minimum Gasteiger partial charge on any atom is -0.458 e. The standard InChI is InChI=1S/C15H17F2NO3/c1-14(2,3)21-12(19)11-15(16,17)13(20)18(11)9-10-7-5-4-6-8-10/h4-8,11H,9H2,1-3H3. The van der Waals surface area contributed by atoms with Crippen LogP contribution in [-0.2, 0) is 20.9 Å². The highest BCUT2D eigenvalue weighted by Gasteiger charge is 2.67. The second kappa shape index (κ2) is 5.09. The molecule has 4 nitrogen and oxygen atoms in total. The lowest BCUT2D eigenvalue weighted by molar-refractivity contribution is -0.218. The Kier molecular flexibility index (Phi) is 3.74. The third-order valence-corrected chi connectivity index (χ3v) is 3.03. The van der Waals surface area contributed by atoms with Gasteiger partial charge in [0.15, 0.2) is 0 Å². The molecule has 0 saturated carbocycles. The van der Waals surface area contributed by atoms with Gasteiger partial charge in [-0.2, -0.15) is 8.78 Å². The summed E-state index contributed by atoms with van der Waals surface area (Å²) in [6, 6.07) is 6.80. The Balaban J connectivity index is 2.16. The molecule has 0 aromatic heterocycles. The molecule has 1 unspecified atom stereocenters. The number of esters is 1. The molecule has 0 spiro atoms. The van der Waals surface area contributed by atoms with E-state index in [0.717, 1.165) is 4.90 Å². The highest BCUT2D eigenvalue weighted by Crippen LogP contribution is 2.38. The number of hydrogen-bond donors (Lipinski definition) is 0. The number of ether oxygens (including phenoxy) is 1. The van der Waals surface area contributed by atoms with Crippen LogP contribution in [0, 0.1) is 0 Å². The second-order valence-electron chi connectivity index (χ2n) is 5.98. The summed E-state index contributed by atoms with van der Waals surface area (Å²) in [5.41, 5.74) is -0.209. The van der Waals surface area contributed by atoms with Crippen LogP contribution in [0.5, 0.6) is 0 Å². The zero-order valence-electron chi connectivity index (χ0n) is 12.1. The number of β-lactam (4-membered cyclic amide) rings is 1. The number of benzene rings is 1. The fourth-order valence-corrected chi connectivity index (χ4v) is 2.13. The number of carbonyl (C=O) groups excluding carboxylic acids is 2. The molecule has 6 heteroatoms. The van der Waals surface area contributed by atoms with Crippen LogP contribution in [0.4, 0.5) is 8.78 Å². The molecule has 21 heavy (non-hydrogen) atoms. The van der Waals surface area contributed by atoms with Gasteiger partial charge in [-0.25, -0.2) is 4.79 Å². The lowest BCUT2D eigenvalue weighted by Gasteiger charge is -2.45. The van der Waals surface area contributed by atoms with Gasteiger partial charge in [-0.15, -0.1) is 0 Å². The van der Waals surface area contributed by atoms with Crippen LogP contribution in [0.3, 0.4) is 0 Å². The van der Waals surface area contributed by atoms with Gasteiger partial charge in [0, 0.05) is 6.54 Å². The number of nitrogens with zero attached hydrogens (tertiary/aromatic N) is 1. The molecule has 1 atom stereocenters. The monoisotopic (exact) mass is 297 g/mol. The molecule has 1 fully saturated rings. The van der Waals surface area contributed by atoms with Gasteiger partial charge in [-0.1, -0.05) is 30.3 Å². The average Bonchev–Trinajstić information content (AvgIpc) is 2.36. The summed E-state index contributed by atoms with van der Waals surface area (Å²) in [6.07, 6.45) is 0. The number of amides is 1. The molecular formula is C15H17F2NO3. The topological polar surface area (TPSA) is 46.6 Å². The van der Waals surface area contributed by atoms with E-state index in [-0.39, 0.29) is 6.54 Å². The summed E-state index contributed by atoms with van der Waals surface area (Å²) >= 11 is 0. The molecule has 1 aromatic rings. The van der Waals surface area contributed by atoms with Crippen LogP contribution in [0.1, 0.15) is 26.3 Å². The number of alkyl halides is 2. The van der Waals surface area contributed by atoms with Crippen molar-refractivity contribution in [2.45, 2.75) is 44.9 Å². The maximum absolute atomic E-state index is 13.7. The molecule has 1 amide bonds. The Morgan fingerprint density at radius 1 is 1.29 bits per heavy atom. The van der Waals surface area contributed by atoms with Crippen LogP contribution < -0.4 is 0 Å². The van der Waals surface area contributed by atoms with E-state index in [1.165, 1.54) is 0 Å². The lowest BCUT2D eigenvalue weighted by atomic mass is 9.95. The van der Waals surface area contributed by atoms with Crippen molar-refractivity contribution >= 4 is 11.9 Å². The van der Waals surface area contributed by atoms with E-state index in [9.17, 15) is 18.4 Å². The molecule has 0 bridgehead atoms. The van der Waals surface area contributed by atoms with Crippen molar-refractivity contribution in [1.82, 2.24) is 4.90 Å². The van der Waals surface area contributed by atoms with Gasteiger partial charge in [-0.3, -0.25) is 4.79 Å². The van der Waals surface area contributed by atoms with E-state index < -0.39 is 29.4 Å². The van der Waals surface area contributed by atoms with E-state index in [0.29, 0.717) is 5.56 Å². The number of carbonyl (C=O) groups is 2. The third kappa shape index (κ3) is 3.04. The predicted octanol–water partition coefficient (Wildman–Crippen LogP) is 2.37. The van der Waals surface area contributed by atoms with Crippen molar-refractivity contribution in [3.8, 4) is 0 Å². The van der Waals surface area contributed by atoms with Gasteiger partial charge in [0.1, 0.15) is 5.60 Å². The molecule has 1 aromatic carbocycles. The Hall–Kier alpha value is -1.98. The predicted molar refractivity (Wildman–Crippen MR) is 71.6 cm³/mol. The molecule has 0 N–H and O–H groups in total. The first kappa shape index (κ1) is 15.4. The number of rotatable bonds is 3. The largest absolute Gasteiger partial charge is 0.458 e. The highest BCUT2D eigenvalue weighted by atomic mass is 19.3. The SMILES string of the molecule is CC(C)(C)OC(=O)C1N(Cc2ccccc2)C(=O)C1(F)F. The van der Waals surface area contributed by atoms with Gasteiger partial charge >= 0.3 is 11.9 Å². The van der Waals surface area contributed by atoms with E-state index in [4.69, 9.17) is 4.74 Å². The average molecular weight is 297 g/mol. The fourth-order valence-electron chi connectivity index (χ4n) is 2.13. The lowest BCUT2D eigenvalue weighted by Crippen LogP contribution is -2.72. The number of likely N-dealkylation sites (tertiary alicyclic amines) is 1. The van der Waals surface area contributed by atoms with Gasteiger partial charge < -0.3 is 9.64 Å². The van der Waals surface area contributed by atoms with Gasteiger partial charge in [0.05, 0.1) is 0 Å². The van der Waals surface area contributed by atoms with Gasteiger partial charge in [0.2, 0.25) is 6.04 Å². The molecule has 0 aliphatic carbocycles. The van der Waals surface area contributed by atoms with Gasteiger partial charge in [-0.05, 0) is 26.3 Å². The minimum absolute atomic E-state index is 0.0425.